The molecule has 0 radical (unpaired) electrons. The van der Waals surface area contributed by atoms with Crippen LogP contribution in [0, 0.1) is 6.92 Å². The van der Waals surface area contributed by atoms with Gasteiger partial charge in [-0.15, -0.1) is 11.3 Å². The van der Waals surface area contributed by atoms with Gasteiger partial charge in [-0.25, -0.2) is 13.4 Å². The largest absolute Gasteiger partial charge is 0.356 e. The Morgan fingerprint density at radius 3 is 2.43 bits per heavy atom. The van der Waals surface area contributed by atoms with E-state index in [4.69, 9.17) is 0 Å². The first kappa shape index (κ1) is 18.7. The molecule has 3 heterocycles. The molecule has 4 rings (SSSR count). The molecule has 2 aromatic heterocycles. The first-order valence-electron chi connectivity index (χ1n) is 9.04. The molecule has 1 saturated heterocycles. The van der Waals surface area contributed by atoms with Gasteiger partial charge in [0.2, 0.25) is 5.95 Å². The van der Waals surface area contributed by atoms with E-state index in [2.05, 4.69) is 24.9 Å². The van der Waals surface area contributed by atoms with E-state index in [9.17, 15) is 8.42 Å². The number of nitrogens with zero attached hydrogens (tertiary/aromatic N) is 3. The molecule has 1 fully saturated rings. The minimum Gasteiger partial charge on any atom is -0.356 e. The summed E-state index contributed by atoms with van der Waals surface area (Å²) >= 11 is 1.18. The van der Waals surface area contributed by atoms with Crippen molar-refractivity contribution < 1.29 is 8.42 Å². The predicted molar refractivity (Wildman–Crippen MR) is 113 cm³/mol. The van der Waals surface area contributed by atoms with Gasteiger partial charge in [0.15, 0.2) is 0 Å². The molecule has 3 aromatic rings. The molecule has 9 heteroatoms. The Morgan fingerprint density at radius 2 is 1.75 bits per heavy atom. The fourth-order valence-electron chi connectivity index (χ4n) is 3.09. The molecule has 28 heavy (non-hydrogen) atoms. The molecule has 0 spiro atoms. The van der Waals surface area contributed by atoms with Gasteiger partial charge in [-0.2, -0.15) is 4.98 Å². The van der Waals surface area contributed by atoms with Crippen molar-refractivity contribution >= 4 is 44.5 Å². The van der Waals surface area contributed by atoms with Crippen LogP contribution in [-0.2, 0) is 10.0 Å². The fraction of sp³-hybridized carbons (Fsp3) is 0.263. The van der Waals surface area contributed by atoms with Gasteiger partial charge < -0.3 is 10.2 Å². The van der Waals surface area contributed by atoms with Crippen LogP contribution in [0.25, 0.3) is 0 Å². The van der Waals surface area contributed by atoms with E-state index in [-0.39, 0.29) is 4.21 Å². The van der Waals surface area contributed by atoms with Crippen LogP contribution in [0.3, 0.4) is 0 Å². The highest BCUT2D eigenvalue weighted by Crippen LogP contribution is 2.24. The van der Waals surface area contributed by atoms with Crippen molar-refractivity contribution in [2.45, 2.75) is 24.0 Å². The van der Waals surface area contributed by atoms with E-state index in [1.54, 1.807) is 41.8 Å². The van der Waals surface area contributed by atoms with Crippen LogP contribution in [0.15, 0.2) is 52.1 Å². The van der Waals surface area contributed by atoms with Gasteiger partial charge in [0.25, 0.3) is 10.0 Å². The molecule has 0 amide bonds. The average Bonchev–Trinajstić information content (AvgIpc) is 3.37. The molecule has 2 N–H and O–H groups in total. The number of benzene rings is 1. The van der Waals surface area contributed by atoms with Crippen molar-refractivity contribution in [1.29, 1.82) is 0 Å². The lowest BCUT2D eigenvalue weighted by atomic mass is 10.3. The summed E-state index contributed by atoms with van der Waals surface area (Å²) in [6.45, 7) is 4.00. The van der Waals surface area contributed by atoms with Gasteiger partial charge in [-0.3, -0.25) is 4.72 Å². The van der Waals surface area contributed by atoms with E-state index < -0.39 is 10.0 Å². The zero-order chi connectivity index (χ0) is 19.6. The summed E-state index contributed by atoms with van der Waals surface area (Å²) in [4.78, 5) is 11.3. The number of sulfonamides is 1. The highest BCUT2D eigenvalue weighted by Gasteiger charge is 2.16. The molecular weight excluding hydrogens is 394 g/mol. The number of nitrogens with one attached hydrogen (secondary N) is 2. The molecule has 0 atom stereocenters. The number of aromatic nitrogens is 2. The van der Waals surface area contributed by atoms with E-state index >= 15 is 0 Å². The predicted octanol–water partition coefficient (Wildman–Crippen LogP) is 3.99. The fourth-order valence-corrected chi connectivity index (χ4v) is 5.14. The molecule has 1 aliphatic heterocycles. The number of rotatable bonds is 6. The Labute approximate surface area is 168 Å². The molecule has 0 bridgehead atoms. The van der Waals surface area contributed by atoms with E-state index in [1.165, 1.54) is 24.2 Å². The number of hydrogen-bond acceptors (Lipinski definition) is 7. The Kier molecular flexibility index (Phi) is 5.19. The van der Waals surface area contributed by atoms with Crippen molar-refractivity contribution in [3.8, 4) is 0 Å². The monoisotopic (exact) mass is 415 g/mol. The maximum Gasteiger partial charge on any atom is 0.271 e. The lowest BCUT2D eigenvalue weighted by Gasteiger charge is -2.17. The van der Waals surface area contributed by atoms with Crippen molar-refractivity contribution in [2.75, 3.05) is 28.0 Å². The van der Waals surface area contributed by atoms with E-state index in [0.29, 0.717) is 11.6 Å². The summed E-state index contributed by atoms with van der Waals surface area (Å²) in [5.74, 6) is 1.47. The standard InChI is InChI=1S/C19H21N5O2S2/c1-14-13-17(24-10-2-3-11-24)22-19(20-14)21-15-6-8-16(9-7-15)23-28(25,26)18-5-4-12-27-18/h4-9,12-13,23H,2-3,10-11H2,1H3,(H,20,21,22). The third kappa shape index (κ3) is 4.26. The van der Waals surface area contributed by atoms with Crippen LogP contribution < -0.4 is 14.9 Å². The van der Waals surface area contributed by atoms with Crippen molar-refractivity contribution in [3.05, 3.63) is 53.5 Å². The first-order valence-corrected chi connectivity index (χ1v) is 11.4. The van der Waals surface area contributed by atoms with E-state index in [0.717, 1.165) is 30.3 Å². The first-order chi connectivity index (χ1) is 13.5. The molecule has 0 saturated carbocycles. The van der Waals surface area contributed by atoms with Crippen LogP contribution in [0.1, 0.15) is 18.5 Å². The SMILES string of the molecule is Cc1cc(N2CCCC2)nc(Nc2ccc(NS(=O)(=O)c3cccs3)cc2)n1. The van der Waals surface area contributed by atoms with Crippen LogP contribution >= 0.6 is 11.3 Å². The molecule has 7 nitrogen and oxygen atoms in total. The van der Waals surface area contributed by atoms with Gasteiger partial charge in [0.1, 0.15) is 10.0 Å². The zero-order valence-electron chi connectivity index (χ0n) is 15.4. The highest BCUT2D eigenvalue weighted by molar-refractivity contribution is 7.94. The summed E-state index contributed by atoms with van der Waals surface area (Å²) in [5, 5.41) is 4.94. The maximum atomic E-state index is 12.3. The maximum absolute atomic E-state index is 12.3. The summed E-state index contributed by atoms with van der Waals surface area (Å²) in [7, 11) is -3.54. The second-order valence-electron chi connectivity index (χ2n) is 6.63. The number of aryl methyl sites for hydroxylation is 1. The Hall–Kier alpha value is -2.65. The Balaban J connectivity index is 1.48. The smallest absolute Gasteiger partial charge is 0.271 e. The number of thiophene rings is 1. The average molecular weight is 416 g/mol. The van der Waals surface area contributed by atoms with Crippen LogP contribution in [0.5, 0.6) is 0 Å². The van der Waals surface area contributed by atoms with Gasteiger partial charge in [-0.1, -0.05) is 6.07 Å². The number of anilines is 4. The van der Waals surface area contributed by atoms with Crippen molar-refractivity contribution in [1.82, 2.24) is 9.97 Å². The molecule has 0 unspecified atom stereocenters. The van der Waals surface area contributed by atoms with Crippen LogP contribution in [0.2, 0.25) is 0 Å². The summed E-state index contributed by atoms with van der Waals surface area (Å²) < 4.78 is 27.5. The second kappa shape index (κ2) is 7.76. The summed E-state index contributed by atoms with van der Waals surface area (Å²) in [6.07, 6.45) is 2.38. The molecule has 146 valence electrons. The molecule has 0 aliphatic carbocycles. The van der Waals surface area contributed by atoms with Crippen molar-refractivity contribution in [2.24, 2.45) is 0 Å². The highest BCUT2D eigenvalue weighted by atomic mass is 32.2. The lowest BCUT2D eigenvalue weighted by Crippen LogP contribution is -2.19. The number of hydrogen-bond donors (Lipinski definition) is 2. The molecule has 1 aliphatic rings. The van der Waals surface area contributed by atoms with Crippen LogP contribution in [0.4, 0.5) is 23.1 Å². The van der Waals surface area contributed by atoms with Crippen molar-refractivity contribution in [3.63, 3.8) is 0 Å². The molecular formula is C19H21N5O2S2. The third-order valence-corrected chi connectivity index (χ3v) is 7.20. The van der Waals surface area contributed by atoms with Gasteiger partial charge in [0, 0.05) is 36.2 Å². The topological polar surface area (TPSA) is 87.2 Å². The lowest BCUT2D eigenvalue weighted by molar-refractivity contribution is 0.603. The third-order valence-electron chi connectivity index (χ3n) is 4.42. The Bertz CT molecular complexity index is 1040. The normalized spacial score (nSPS) is 14.2. The minimum atomic E-state index is -3.54. The quantitative estimate of drug-likeness (QED) is 0.633. The van der Waals surface area contributed by atoms with E-state index in [1.807, 2.05) is 13.0 Å². The summed E-state index contributed by atoms with van der Waals surface area (Å²) in [5.41, 5.74) is 2.19. The molecule has 1 aromatic carbocycles. The Morgan fingerprint density at radius 1 is 1.04 bits per heavy atom. The summed E-state index contributed by atoms with van der Waals surface area (Å²) in [6, 6.07) is 12.3. The zero-order valence-corrected chi connectivity index (χ0v) is 17.1. The van der Waals surface area contributed by atoms with Crippen LogP contribution in [-0.4, -0.2) is 31.5 Å². The van der Waals surface area contributed by atoms with Gasteiger partial charge in [-0.05, 0) is 55.5 Å². The van der Waals surface area contributed by atoms with Gasteiger partial charge >= 0.3 is 0 Å². The van der Waals surface area contributed by atoms with Gasteiger partial charge in [0.05, 0.1) is 0 Å². The minimum absolute atomic E-state index is 0.289. The second-order valence-corrected chi connectivity index (χ2v) is 9.48.